The molecule has 0 bridgehead atoms. The Labute approximate surface area is 205 Å². The fourth-order valence-electron chi connectivity index (χ4n) is 4.12. The molecule has 0 saturated heterocycles. The Bertz CT molecular complexity index is 1290. The van der Waals surface area contributed by atoms with Gasteiger partial charge < -0.3 is 14.4 Å². The molecule has 34 heavy (non-hydrogen) atoms. The molecular weight excluding hydrogens is 444 g/mol. The van der Waals surface area contributed by atoms with Crippen molar-refractivity contribution in [3.05, 3.63) is 75.9 Å². The van der Waals surface area contributed by atoms with E-state index in [2.05, 4.69) is 62.0 Å². The van der Waals surface area contributed by atoms with Gasteiger partial charge in [0, 0.05) is 25.0 Å². The molecule has 0 N–H and O–H groups in total. The van der Waals surface area contributed by atoms with Gasteiger partial charge in [0.15, 0.2) is 0 Å². The number of anilines is 1. The fourth-order valence-corrected chi connectivity index (χ4v) is 5.16. The smallest absolute Gasteiger partial charge is 0.146 e. The van der Waals surface area contributed by atoms with E-state index in [1.807, 2.05) is 24.3 Å². The van der Waals surface area contributed by atoms with Gasteiger partial charge in [-0.05, 0) is 61.9 Å². The van der Waals surface area contributed by atoms with E-state index in [1.54, 1.807) is 25.6 Å². The number of hydrogen-bond donors (Lipinski definition) is 0. The van der Waals surface area contributed by atoms with Crippen LogP contribution in [0.25, 0.3) is 10.2 Å². The maximum absolute atomic E-state index is 5.41. The monoisotopic (exact) mass is 476 g/mol. The maximum Gasteiger partial charge on any atom is 0.146 e. The van der Waals surface area contributed by atoms with Crippen LogP contribution in [0.5, 0.6) is 11.5 Å². The number of rotatable bonds is 9. The Hall–Kier alpha value is -3.16. The Balaban J connectivity index is 1.62. The molecule has 4 rings (SSSR count). The highest BCUT2D eigenvalue weighted by Crippen LogP contribution is 2.35. The summed E-state index contributed by atoms with van der Waals surface area (Å²) >= 11 is 1.74. The van der Waals surface area contributed by atoms with Gasteiger partial charge in [-0.3, -0.25) is 4.90 Å². The Morgan fingerprint density at radius 2 is 1.44 bits per heavy atom. The largest absolute Gasteiger partial charge is 0.497 e. The first-order valence-corrected chi connectivity index (χ1v) is 12.1. The summed E-state index contributed by atoms with van der Waals surface area (Å²) in [4.78, 5) is 16.8. The number of thiophene rings is 1. The van der Waals surface area contributed by atoms with Gasteiger partial charge in [-0.1, -0.05) is 24.3 Å². The molecule has 0 fully saturated rings. The van der Waals surface area contributed by atoms with Crippen molar-refractivity contribution in [3.8, 4) is 11.5 Å². The summed E-state index contributed by atoms with van der Waals surface area (Å²) in [6, 6.07) is 16.4. The average Bonchev–Trinajstić information content (AvgIpc) is 3.11. The minimum absolute atomic E-state index is 0.656. The van der Waals surface area contributed by atoms with Crippen LogP contribution in [-0.2, 0) is 19.6 Å². The van der Waals surface area contributed by atoms with Gasteiger partial charge in [0.2, 0.25) is 0 Å². The number of aromatic nitrogens is 2. The van der Waals surface area contributed by atoms with Crippen molar-refractivity contribution in [1.29, 1.82) is 0 Å². The summed E-state index contributed by atoms with van der Waals surface area (Å²) in [5.74, 6) is 3.53. The molecule has 0 spiro atoms. The number of hydrogen-bond acceptors (Lipinski definition) is 7. The molecule has 2 heterocycles. The quantitative estimate of drug-likeness (QED) is 0.314. The second kappa shape index (κ2) is 10.4. The third kappa shape index (κ3) is 5.32. The highest BCUT2D eigenvalue weighted by molar-refractivity contribution is 7.18. The van der Waals surface area contributed by atoms with E-state index in [-0.39, 0.29) is 0 Å². The molecule has 0 atom stereocenters. The lowest BCUT2D eigenvalue weighted by atomic mass is 10.1. The summed E-state index contributed by atoms with van der Waals surface area (Å²) in [6.45, 7) is 6.49. The standard InChI is InChI=1S/C27H32N4O2S/c1-18-19(2)34-27-25(18)26(31(4)16-21-10-8-12-23(14-21)33-6)28-24(29-27)17-30(3)15-20-9-7-11-22(13-20)32-5/h7-14H,15-17H2,1-6H3. The lowest BCUT2D eigenvalue weighted by molar-refractivity contribution is 0.310. The van der Waals surface area contributed by atoms with E-state index in [1.165, 1.54) is 21.6 Å². The van der Waals surface area contributed by atoms with Gasteiger partial charge in [-0.25, -0.2) is 9.97 Å². The van der Waals surface area contributed by atoms with Crippen LogP contribution in [0.4, 0.5) is 5.82 Å². The Morgan fingerprint density at radius 1 is 0.824 bits per heavy atom. The van der Waals surface area contributed by atoms with Crippen molar-refractivity contribution in [2.45, 2.75) is 33.5 Å². The third-order valence-corrected chi connectivity index (χ3v) is 7.07. The van der Waals surface area contributed by atoms with Crippen molar-refractivity contribution in [2.24, 2.45) is 0 Å². The number of nitrogens with zero attached hydrogens (tertiary/aromatic N) is 4. The molecule has 2 aromatic heterocycles. The van der Waals surface area contributed by atoms with Gasteiger partial charge in [-0.2, -0.15) is 0 Å². The first-order chi connectivity index (χ1) is 16.4. The zero-order valence-corrected chi connectivity index (χ0v) is 21.6. The molecule has 0 saturated carbocycles. The molecule has 0 unspecified atom stereocenters. The number of ether oxygens (including phenoxy) is 2. The molecule has 4 aromatic rings. The van der Waals surface area contributed by atoms with Crippen LogP contribution in [0, 0.1) is 13.8 Å². The molecule has 0 amide bonds. The number of fused-ring (bicyclic) bond motifs is 1. The summed E-state index contributed by atoms with van der Waals surface area (Å²) in [5.41, 5.74) is 3.62. The second-order valence-electron chi connectivity index (χ2n) is 8.66. The topological polar surface area (TPSA) is 50.7 Å². The first kappa shape index (κ1) is 24.0. The molecule has 0 aliphatic carbocycles. The van der Waals surface area contributed by atoms with E-state index >= 15 is 0 Å². The number of aryl methyl sites for hydroxylation is 2. The Morgan fingerprint density at radius 3 is 2.06 bits per heavy atom. The van der Waals surface area contributed by atoms with Gasteiger partial charge in [-0.15, -0.1) is 11.3 Å². The average molecular weight is 477 g/mol. The predicted octanol–water partition coefficient (Wildman–Crippen LogP) is 5.59. The van der Waals surface area contributed by atoms with E-state index in [4.69, 9.17) is 19.4 Å². The van der Waals surface area contributed by atoms with Crippen molar-refractivity contribution in [3.63, 3.8) is 0 Å². The molecule has 2 aromatic carbocycles. The Kier molecular flexibility index (Phi) is 7.34. The van der Waals surface area contributed by atoms with Crippen molar-refractivity contribution in [1.82, 2.24) is 14.9 Å². The van der Waals surface area contributed by atoms with Gasteiger partial charge in [0.25, 0.3) is 0 Å². The predicted molar refractivity (Wildman–Crippen MR) is 140 cm³/mol. The SMILES string of the molecule is COc1cccc(CN(C)Cc2nc(N(C)Cc3cccc(OC)c3)c3c(C)c(C)sc3n2)c1. The summed E-state index contributed by atoms with van der Waals surface area (Å²) in [5, 5.41) is 1.15. The molecule has 0 radical (unpaired) electrons. The maximum atomic E-state index is 5.41. The van der Waals surface area contributed by atoms with Crippen LogP contribution in [0.2, 0.25) is 0 Å². The van der Waals surface area contributed by atoms with Gasteiger partial charge in [0.05, 0.1) is 26.2 Å². The van der Waals surface area contributed by atoms with E-state index in [0.29, 0.717) is 6.54 Å². The van der Waals surface area contributed by atoms with Crippen molar-refractivity contribution >= 4 is 27.4 Å². The zero-order valence-electron chi connectivity index (χ0n) is 20.8. The summed E-state index contributed by atoms with van der Waals surface area (Å²) in [7, 11) is 7.58. The lowest BCUT2D eigenvalue weighted by Crippen LogP contribution is -2.22. The van der Waals surface area contributed by atoms with Crippen LogP contribution in [-0.4, -0.2) is 43.2 Å². The lowest BCUT2D eigenvalue weighted by Gasteiger charge is -2.22. The number of benzene rings is 2. The van der Waals surface area contributed by atoms with Crippen LogP contribution in [0.1, 0.15) is 27.4 Å². The molecule has 0 aliphatic heterocycles. The van der Waals surface area contributed by atoms with Crippen LogP contribution in [0.3, 0.4) is 0 Å². The molecule has 0 aliphatic rings. The minimum atomic E-state index is 0.656. The van der Waals surface area contributed by atoms with Crippen LogP contribution >= 0.6 is 11.3 Å². The van der Waals surface area contributed by atoms with Crippen LogP contribution < -0.4 is 14.4 Å². The fraction of sp³-hybridized carbons (Fsp3) is 0.333. The first-order valence-electron chi connectivity index (χ1n) is 11.3. The van der Waals surface area contributed by atoms with E-state index in [9.17, 15) is 0 Å². The number of methoxy groups -OCH3 is 2. The van der Waals surface area contributed by atoms with Gasteiger partial charge >= 0.3 is 0 Å². The van der Waals surface area contributed by atoms with E-state index < -0.39 is 0 Å². The van der Waals surface area contributed by atoms with E-state index in [0.717, 1.165) is 46.4 Å². The van der Waals surface area contributed by atoms with Crippen LogP contribution in [0.15, 0.2) is 48.5 Å². The summed E-state index contributed by atoms with van der Waals surface area (Å²) < 4.78 is 10.8. The highest BCUT2D eigenvalue weighted by Gasteiger charge is 2.18. The zero-order chi connectivity index (χ0) is 24.2. The molecular formula is C27H32N4O2S. The second-order valence-corrected chi connectivity index (χ2v) is 9.86. The highest BCUT2D eigenvalue weighted by atomic mass is 32.1. The summed E-state index contributed by atoms with van der Waals surface area (Å²) in [6.07, 6.45) is 0. The van der Waals surface area contributed by atoms with Crippen molar-refractivity contribution < 1.29 is 9.47 Å². The normalized spacial score (nSPS) is 11.3. The van der Waals surface area contributed by atoms with Crippen molar-refractivity contribution in [2.75, 3.05) is 33.2 Å². The van der Waals surface area contributed by atoms with Gasteiger partial charge in [0.1, 0.15) is 28.0 Å². The molecule has 7 heteroatoms. The molecule has 178 valence electrons. The minimum Gasteiger partial charge on any atom is -0.497 e. The molecule has 6 nitrogen and oxygen atoms in total. The third-order valence-electron chi connectivity index (χ3n) is 5.97.